The highest BCUT2D eigenvalue weighted by molar-refractivity contribution is 7.98. The molecule has 0 unspecified atom stereocenters. The number of anilines is 3. The minimum absolute atomic E-state index is 0.199. The molecule has 0 aliphatic carbocycles. The highest BCUT2D eigenvalue weighted by Crippen LogP contribution is 2.32. The van der Waals surface area contributed by atoms with Crippen molar-refractivity contribution in [3.8, 4) is 5.69 Å². The van der Waals surface area contributed by atoms with Gasteiger partial charge in [0, 0.05) is 27.2 Å². The van der Waals surface area contributed by atoms with E-state index in [1.54, 1.807) is 4.90 Å². The number of thioether (sulfide) groups is 1. The van der Waals surface area contributed by atoms with Crippen molar-refractivity contribution in [2.24, 2.45) is 0 Å². The van der Waals surface area contributed by atoms with Gasteiger partial charge in [-0.15, -0.1) is 10.2 Å². The van der Waals surface area contributed by atoms with Crippen LogP contribution in [0.5, 0.6) is 0 Å². The highest BCUT2D eigenvalue weighted by Gasteiger charge is 2.23. The molecule has 9 nitrogen and oxygen atoms in total. The van der Waals surface area contributed by atoms with Gasteiger partial charge < -0.3 is 15.5 Å². The third kappa shape index (κ3) is 4.23. The topological polar surface area (TPSA) is 102 Å². The van der Waals surface area contributed by atoms with Crippen molar-refractivity contribution in [3.05, 3.63) is 35.1 Å². The number of nitrogens with two attached hydrogens (primary N) is 1. The molecule has 29 heavy (non-hydrogen) atoms. The van der Waals surface area contributed by atoms with Crippen molar-refractivity contribution in [2.45, 2.75) is 23.8 Å². The van der Waals surface area contributed by atoms with Crippen LogP contribution in [0, 0.1) is 0 Å². The van der Waals surface area contributed by atoms with Gasteiger partial charge in [-0.3, -0.25) is 4.57 Å². The molecule has 152 valence electrons. The van der Waals surface area contributed by atoms with Crippen LogP contribution in [0.2, 0.25) is 5.02 Å². The summed E-state index contributed by atoms with van der Waals surface area (Å²) in [5, 5.41) is 10.3. The van der Waals surface area contributed by atoms with Gasteiger partial charge in [0.15, 0.2) is 5.16 Å². The van der Waals surface area contributed by atoms with Crippen molar-refractivity contribution in [1.82, 2.24) is 29.7 Å². The van der Waals surface area contributed by atoms with E-state index in [1.165, 1.54) is 11.8 Å². The van der Waals surface area contributed by atoms with Crippen molar-refractivity contribution in [3.63, 3.8) is 0 Å². The molecule has 1 fully saturated rings. The quantitative estimate of drug-likeness (QED) is 0.590. The first-order valence-electron chi connectivity index (χ1n) is 9.29. The molecular formula is C18H22ClN9S. The molecule has 1 aromatic carbocycles. The van der Waals surface area contributed by atoms with Crippen LogP contribution in [0.15, 0.2) is 29.4 Å². The second kappa shape index (κ2) is 8.42. The highest BCUT2D eigenvalue weighted by atomic mass is 35.5. The summed E-state index contributed by atoms with van der Waals surface area (Å²) in [6, 6.07) is 7.71. The van der Waals surface area contributed by atoms with Crippen LogP contribution in [0.25, 0.3) is 5.69 Å². The lowest BCUT2D eigenvalue weighted by molar-refractivity contribution is 0.840. The number of aromatic nitrogens is 6. The lowest BCUT2D eigenvalue weighted by Crippen LogP contribution is -2.22. The average Bonchev–Trinajstić information content (AvgIpc) is 3.36. The van der Waals surface area contributed by atoms with Crippen LogP contribution < -0.4 is 15.5 Å². The van der Waals surface area contributed by atoms with E-state index < -0.39 is 0 Å². The molecule has 1 saturated heterocycles. The molecule has 0 spiro atoms. The largest absolute Gasteiger partial charge is 0.368 e. The predicted octanol–water partition coefficient (Wildman–Crippen LogP) is 2.65. The van der Waals surface area contributed by atoms with Gasteiger partial charge in [0.1, 0.15) is 5.82 Å². The molecule has 0 bridgehead atoms. The molecule has 2 N–H and O–H groups in total. The van der Waals surface area contributed by atoms with Gasteiger partial charge in [0.25, 0.3) is 0 Å². The Morgan fingerprint density at radius 2 is 1.86 bits per heavy atom. The number of nitrogen functional groups attached to an aromatic ring is 1. The van der Waals surface area contributed by atoms with Crippen LogP contribution in [0.3, 0.4) is 0 Å². The fourth-order valence-electron chi connectivity index (χ4n) is 3.14. The maximum atomic E-state index is 6.50. The van der Waals surface area contributed by atoms with Crippen LogP contribution in [0.1, 0.15) is 18.7 Å². The molecule has 1 aliphatic rings. The van der Waals surface area contributed by atoms with Gasteiger partial charge in [-0.1, -0.05) is 35.5 Å². The molecule has 0 atom stereocenters. The van der Waals surface area contributed by atoms with E-state index in [0.717, 1.165) is 42.7 Å². The van der Waals surface area contributed by atoms with Crippen LogP contribution in [-0.2, 0) is 5.75 Å². The number of benzene rings is 1. The Hall–Kier alpha value is -2.59. The third-order valence-corrected chi connectivity index (χ3v) is 5.76. The molecule has 0 radical (unpaired) electrons. The second-order valence-electron chi connectivity index (χ2n) is 6.86. The molecule has 3 aromatic rings. The Balaban J connectivity index is 1.67. The summed E-state index contributed by atoms with van der Waals surface area (Å²) in [4.78, 5) is 16.9. The lowest BCUT2D eigenvalue weighted by Gasteiger charge is -2.19. The van der Waals surface area contributed by atoms with E-state index in [1.807, 2.05) is 42.9 Å². The van der Waals surface area contributed by atoms with Crippen LogP contribution >= 0.6 is 23.4 Å². The first-order valence-corrected chi connectivity index (χ1v) is 10.6. The number of halogens is 1. The first-order chi connectivity index (χ1) is 14.0. The number of hydrogen-bond acceptors (Lipinski definition) is 9. The fourth-order valence-corrected chi connectivity index (χ4v) is 4.16. The number of rotatable bonds is 6. The van der Waals surface area contributed by atoms with Gasteiger partial charge in [0.2, 0.25) is 17.8 Å². The van der Waals surface area contributed by atoms with Crippen molar-refractivity contribution in [1.29, 1.82) is 0 Å². The van der Waals surface area contributed by atoms with Gasteiger partial charge in [-0.25, -0.2) is 0 Å². The summed E-state index contributed by atoms with van der Waals surface area (Å²) in [6.45, 7) is 1.92. The Kier molecular flexibility index (Phi) is 5.72. The minimum Gasteiger partial charge on any atom is -0.368 e. The van der Waals surface area contributed by atoms with Gasteiger partial charge >= 0.3 is 0 Å². The number of nitrogens with zero attached hydrogens (tertiary/aromatic N) is 8. The summed E-state index contributed by atoms with van der Waals surface area (Å²) in [5.74, 6) is 2.60. The van der Waals surface area contributed by atoms with Gasteiger partial charge in [-0.2, -0.15) is 15.0 Å². The monoisotopic (exact) mass is 431 g/mol. The zero-order valence-corrected chi connectivity index (χ0v) is 17.9. The van der Waals surface area contributed by atoms with Crippen LogP contribution in [0.4, 0.5) is 17.8 Å². The van der Waals surface area contributed by atoms with E-state index in [0.29, 0.717) is 22.5 Å². The molecule has 0 saturated carbocycles. The average molecular weight is 432 g/mol. The SMILES string of the molecule is CN(C)c1nc(N)nc(CSc2nnc(N3CCCC3)n2-c2ccccc2Cl)n1. The normalized spacial score (nSPS) is 13.8. The Morgan fingerprint density at radius 1 is 1.10 bits per heavy atom. The summed E-state index contributed by atoms with van der Waals surface area (Å²) >= 11 is 7.99. The first kappa shape index (κ1) is 19.7. The fraction of sp³-hybridized carbons (Fsp3) is 0.389. The zero-order chi connectivity index (χ0) is 20.4. The molecule has 1 aliphatic heterocycles. The molecule has 11 heteroatoms. The molecule has 0 amide bonds. The standard InChI is InChI=1S/C18H22ClN9S/c1-26(2)16-22-14(21-15(20)23-16)11-29-18-25-24-17(27-9-5-6-10-27)28(18)13-8-4-3-7-12(13)19/h3-4,7-8H,5-6,9-11H2,1-2H3,(H2,20,21,22,23). The van der Waals surface area contributed by atoms with E-state index in [9.17, 15) is 0 Å². The van der Waals surface area contributed by atoms with Gasteiger partial charge in [0.05, 0.1) is 16.5 Å². The molecular weight excluding hydrogens is 410 g/mol. The summed E-state index contributed by atoms with van der Waals surface area (Å²) in [5.41, 5.74) is 6.69. The van der Waals surface area contributed by atoms with Crippen molar-refractivity contribution >= 4 is 41.2 Å². The van der Waals surface area contributed by atoms with E-state index in [-0.39, 0.29) is 5.95 Å². The molecule has 2 aromatic heterocycles. The van der Waals surface area contributed by atoms with E-state index in [4.69, 9.17) is 17.3 Å². The third-order valence-electron chi connectivity index (χ3n) is 4.52. The summed E-state index contributed by atoms with van der Waals surface area (Å²) < 4.78 is 2.01. The summed E-state index contributed by atoms with van der Waals surface area (Å²) in [6.07, 6.45) is 2.30. The van der Waals surface area contributed by atoms with Gasteiger partial charge in [-0.05, 0) is 25.0 Å². The van der Waals surface area contributed by atoms with Crippen molar-refractivity contribution in [2.75, 3.05) is 42.7 Å². The second-order valence-corrected chi connectivity index (χ2v) is 8.21. The Bertz CT molecular complexity index is 1000. The Labute approximate surface area is 178 Å². The maximum absolute atomic E-state index is 6.50. The lowest BCUT2D eigenvalue weighted by atomic mass is 10.3. The van der Waals surface area contributed by atoms with E-state index in [2.05, 4.69) is 30.0 Å². The molecule has 4 rings (SSSR count). The van der Waals surface area contributed by atoms with E-state index >= 15 is 0 Å². The zero-order valence-electron chi connectivity index (χ0n) is 16.3. The van der Waals surface area contributed by atoms with Crippen LogP contribution in [-0.4, -0.2) is 56.9 Å². The summed E-state index contributed by atoms with van der Waals surface area (Å²) in [7, 11) is 3.73. The molecule has 3 heterocycles. The predicted molar refractivity (Wildman–Crippen MR) is 116 cm³/mol. The maximum Gasteiger partial charge on any atom is 0.232 e. The Morgan fingerprint density at radius 3 is 2.59 bits per heavy atom. The van der Waals surface area contributed by atoms with Crippen molar-refractivity contribution < 1.29 is 0 Å². The number of para-hydroxylation sites is 1. The minimum atomic E-state index is 0.199. The smallest absolute Gasteiger partial charge is 0.232 e. The number of hydrogen-bond donors (Lipinski definition) is 1.